The van der Waals surface area contributed by atoms with Gasteiger partial charge >= 0.3 is 0 Å². The maximum atomic E-state index is 14.1. The number of aliphatic hydroxyl groups is 1. The van der Waals surface area contributed by atoms with E-state index in [0.717, 1.165) is 12.0 Å². The number of amides is 1. The van der Waals surface area contributed by atoms with Gasteiger partial charge in [-0.1, -0.05) is 72.3 Å². The summed E-state index contributed by atoms with van der Waals surface area (Å²) in [6.07, 6.45) is 0.864. The highest BCUT2D eigenvalue weighted by Gasteiger charge is 2.47. The van der Waals surface area contributed by atoms with Crippen LogP contribution < -0.4 is 14.4 Å². The molecule has 242 valence electrons. The standard InChI is InChI=1S/C32H32Cl2N4O5S3/c1-6-42-24-13-19(8-10-23(24)43-12-11-16(2)3)26-25(27(39)29-17(4)35-18(5)45-29)28(40)30(41)38(26)31-36-37-32(46-31)44-15-20-7-9-21(33)14-22(20)34/h7-10,13-14,16,26,40H,6,11-12,15H2,1-5H3. The Hall–Kier alpha value is -3.16. The van der Waals surface area contributed by atoms with E-state index in [2.05, 4.69) is 29.0 Å². The Morgan fingerprint density at radius 2 is 1.87 bits per heavy atom. The van der Waals surface area contributed by atoms with Crippen LogP contribution in [0, 0.1) is 19.8 Å². The minimum atomic E-state index is -1.01. The minimum Gasteiger partial charge on any atom is -0.503 e. The van der Waals surface area contributed by atoms with Crippen LogP contribution in [0.3, 0.4) is 0 Å². The number of ether oxygens (including phenoxy) is 2. The van der Waals surface area contributed by atoms with E-state index in [1.165, 1.54) is 39.3 Å². The number of aryl methyl sites for hydroxylation is 2. The largest absolute Gasteiger partial charge is 0.503 e. The van der Waals surface area contributed by atoms with Crippen molar-refractivity contribution in [2.24, 2.45) is 5.92 Å². The van der Waals surface area contributed by atoms with Crippen molar-refractivity contribution in [1.82, 2.24) is 15.2 Å². The number of carbonyl (C=O) groups excluding carboxylic acids is 2. The normalized spacial score (nSPS) is 14.9. The Kier molecular flexibility index (Phi) is 10.9. The highest BCUT2D eigenvalue weighted by Crippen LogP contribution is 2.46. The number of rotatable bonds is 13. The Balaban J connectivity index is 1.53. The van der Waals surface area contributed by atoms with Crippen LogP contribution >= 0.6 is 57.6 Å². The van der Waals surface area contributed by atoms with Crippen molar-refractivity contribution < 1.29 is 24.2 Å². The highest BCUT2D eigenvalue weighted by molar-refractivity contribution is 8.00. The summed E-state index contributed by atoms with van der Waals surface area (Å²) in [5.41, 5.74) is 1.86. The number of ketones is 1. The number of anilines is 1. The summed E-state index contributed by atoms with van der Waals surface area (Å²) in [6.45, 7) is 10.5. The van der Waals surface area contributed by atoms with Crippen molar-refractivity contribution in [2.75, 3.05) is 18.1 Å². The fourth-order valence-corrected chi connectivity index (χ4v) is 8.14. The molecule has 1 N–H and O–H groups in total. The summed E-state index contributed by atoms with van der Waals surface area (Å²) in [4.78, 5) is 33.9. The van der Waals surface area contributed by atoms with Crippen LogP contribution in [0.2, 0.25) is 10.0 Å². The van der Waals surface area contributed by atoms with E-state index in [1.807, 2.05) is 13.0 Å². The third-order valence-electron chi connectivity index (χ3n) is 7.07. The van der Waals surface area contributed by atoms with E-state index in [1.54, 1.807) is 44.2 Å². The molecule has 14 heteroatoms. The van der Waals surface area contributed by atoms with Crippen LogP contribution in [0.25, 0.3) is 0 Å². The van der Waals surface area contributed by atoms with Gasteiger partial charge in [-0.3, -0.25) is 14.5 Å². The van der Waals surface area contributed by atoms with Gasteiger partial charge in [-0.15, -0.1) is 21.5 Å². The fourth-order valence-electron chi connectivity index (χ4n) is 4.84. The number of carbonyl (C=O) groups is 2. The maximum absolute atomic E-state index is 14.1. The molecular weight excluding hydrogens is 687 g/mol. The summed E-state index contributed by atoms with van der Waals surface area (Å²) < 4.78 is 12.5. The van der Waals surface area contributed by atoms with E-state index in [4.69, 9.17) is 32.7 Å². The van der Waals surface area contributed by atoms with E-state index in [-0.39, 0.29) is 10.7 Å². The summed E-state index contributed by atoms with van der Waals surface area (Å²) in [7, 11) is 0. The Labute approximate surface area is 289 Å². The van der Waals surface area contributed by atoms with Crippen LogP contribution in [0.4, 0.5) is 5.13 Å². The summed E-state index contributed by atoms with van der Waals surface area (Å²) >= 11 is 16.2. The number of thiazole rings is 1. The first-order chi connectivity index (χ1) is 22.0. The second-order valence-electron chi connectivity index (χ2n) is 10.9. The molecule has 2 aromatic heterocycles. The number of aromatic nitrogens is 3. The van der Waals surface area contributed by atoms with E-state index < -0.39 is 23.5 Å². The number of benzene rings is 2. The zero-order valence-electron chi connectivity index (χ0n) is 25.8. The fraction of sp³-hybridized carbons (Fsp3) is 0.344. The van der Waals surface area contributed by atoms with Crippen molar-refractivity contribution in [3.63, 3.8) is 0 Å². The Bertz CT molecular complexity index is 1810. The number of aliphatic hydroxyl groups excluding tert-OH is 1. The summed E-state index contributed by atoms with van der Waals surface area (Å²) in [6, 6.07) is 9.55. The predicted octanol–water partition coefficient (Wildman–Crippen LogP) is 8.82. The minimum absolute atomic E-state index is 0.0648. The second kappa shape index (κ2) is 14.7. The zero-order valence-corrected chi connectivity index (χ0v) is 29.8. The molecule has 0 saturated carbocycles. The van der Waals surface area contributed by atoms with Crippen molar-refractivity contribution >= 4 is 74.5 Å². The molecule has 1 unspecified atom stereocenters. The summed E-state index contributed by atoms with van der Waals surface area (Å²) in [5, 5.41) is 21.9. The quantitative estimate of drug-likeness (QED) is 0.0823. The van der Waals surface area contributed by atoms with Crippen molar-refractivity contribution in [3.8, 4) is 11.5 Å². The molecule has 46 heavy (non-hydrogen) atoms. The van der Waals surface area contributed by atoms with E-state index in [9.17, 15) is 14.7 Å². The molecule has 2 aromatic carbocycles. The van der Waals surface area contributed by atoms with Crippen LogP contribution in [0.5, 0.6) is 11.5 Å². The lowest BCUT2D eigenvalue weighted by molar-refractivity contribution is -0.117. The lowest BCUT2D eigenvalue weighted by atomic mass is 9.95. The molecule has 0 fully saturated rings. The van der Waals surface area contributed by atoms with Gasteiger partial charge in [0.2, 0.25) is 10.9 Å². The maximum Gasteiger partial charge on any atom is 0.296 e. The first-order valence-corrected chi connectivity index (χ1v) is 17.9. The summed E-state index contributed by atoms with van der Waals surface area (Å²) in [5.74, 6) is 0.0959. The molecular formula is C32H32Cl2N4O5S3. The average Bonchev–Trinajstić information content (AvgIpc) is 3.68. The third kappa shape index (κ3) is 7.36. The lowest BCUT2D eigenvalue weighted by Gasteiger charge is -2.25. The molecule has 0 aliphatic carbocycles. The second-order valence-corrected chi connectivity index (χ2v) is 15.1. The number of nitrogens with zero attached hydrogens (tertiary/aromatic N) is 4. The molecule has 5 rings (SSSR count). The van der Waals surface area contributed by atoms with Gasteiger partial charge in [-0.2, -0.15) is 0 Å². The van der Waals surface area contributed by atoms with Gasteiger partial charge in [0.15, 0.2) is 21.6 Å². The molecule has 1 aliphatic rings. The molecule has 0 spiro atoms. The monoisotopic (exact) mass is 718 g/mol. The lowest BCUT2D eigenvalue weighted by Crippen LogP contribution is -2.31. The van der Waals surface area contributed by atoms with Gasteiger partial charge < -0.3 is 14.6 Å². The first-order valence-electron chi connectivity index (χ1n) is 14.5. The van der Waals surface area contributed by atoms with Gasteiger partial charge in [0.1, 0.15) is 0 Å². The van der Waals surface area contributed by atoms with Crippen LogP contribution in [-0.2, 0) is 10.5 Å². The van der Waals surface area contributed by atoms with E-state index >= 15 is 0 Å². The topological polar surface area (TPSA) is 115 Å². The molecule has 0 radical (unpaired) electrons. The number of Topliss-reactive ketones (excluding diaryl/α,β-unsaturated/α-hetero) is 1. The van der Waals surface area contributed by atoms with Crippen molar-refractivity contribution in [2.45, 2.75) is 57.2 Å². The van der Waals surface area contributed by atoms with Crippen LogP contribution in [-0.4, -0.2) is 45.2 Å². The smallest absolute Gasteiger partial charge is 0.296 e. The van der Waals surface area contributed by atoms with Gasteiger partial charge in [0, 0.05) is 15.8 Å². The number of hydrogen-bond acceptors (Lipinski definition) is 11. The first kappa shape index (κ1) is 34.2. The molecule has 1 atom stereocenters. The molecule has 0 saturated heterocycles. The van der Waals surface area contributed by atoms with Gasteiger partial charge in [0.25, 0.3) is 5.91 Å². The number of hydrogen-bond donors (Lipinski definition) is 1. The molecule has 4 aromatic rings. The molecule has 1 aliphatic heterocycles. The third-order valence-corrected chi connectivity index (χ3v) is 10.8. The van der Waals surface area contributed by atoms with E-state index in [0.29, 0.717) is 71.9 Å². The molecule has 9 nitrogen and oxygen atoms in total. The number of thioether (sulfide) groups is 1. The van der Waals surface area contributed by atoms with Gasteiger partial charge in [-0.25, -0.2) is 4.98 Å². The zero-order chi connectivity index (χ0) is 33.1. The van der Waals surface area contributed by atoms with Crippen LogP contribution in [0.15, 0.2) is 52.1 Å². The highest BCUT2D eigenvalue weighted by atomic mass is 35.5. The van der Waals surface area contributed by atoms with Gasteiger partial charge in [0.05, 0.1) is 40.4 Å². The van der Waals surface area contributed by atoms with Crippen molar-refractivity contribution in [1.29, 1.82) is 0 Å². The Morgan fingerprint density at radius 1 is 1.09 bits per heavy atom. The Morgan fingerprint density at radius 3 is 2.54 bits per heavy atom. The molecule has 0 bridgehead atoms. The van der Waals surface area contributed by atoms with Crippen molar-refractivity contribution in [3.05, 3.63) is 84.5 Å². The SMILES string of the molecule is CCOc1cc(C2C(C(=O)c3sc(C)nc3C)=C(O)C(=O)N2c2nnc(SCc3ccc(Cl)cc3Cl)s2)ccc1OCCC(C)C. The van der Waals surface area contributed by atoms with Gasteiger partial charge in [-0.05, 0) is 68.5 Å². The number of halogens is 2. The van der Waals surface area contributed by atoms with Crippen LogP contribution in [0.1, 0.15) is 64.7 Å². The average molecular weight is 720 g/mol. The molecule has 3 heterocycles. The molecule has 1 amide bonds. The predicted molar refractivity (Wildman–Crippen MR) is 184 cm³/mol.